The van der Waals surface area contributed by atoms with Gasteiger partial charge in [0, 0.05) is 33.6 Å². The summed E-state index contributed by atoms with van der Waals surface area (Å²) in [6.45, 7) is 0.732. The van der Waals surface area contributed by atoms with E-state index in [2.05, 4.69) is 0 Å². The normalized spacial score (nSPS) is 11.0. The fourth-order valence-corrected chi connectivity index (χ4v) is 2.93. The van der Waals surface area contributed by atoms with Crippen LogP contribution in [0.5, 0.6) is 0 Å². The van der Waals surface area contributed by atoms with Crippen molar-refractivity contribution in [2.24, 2.45) is 7.05 Å². The van der Waals surface area contributed by atoms with E-state index in [1.807, 2.05) is 24.3 Å². The van der Waals surface area contributed by atoms with E-state index in [0.717, 1.165) is 16.6 Å². The van der Waals surface area contributed by atoms with Crippen LogP contribution in [0.4, 0.5) is 4.39 Å². The van der Waals surface area contributed by atoms with Gasteiger partial charge in [0.25, 0.3) is 0 Å². The molecule has 0 spiro atoms. The Balaban J connectivity index is 1.69. The number of nitrogens with zero attached hydrogens (tertiary/aromatic N) is 3. The largest absolute Gasteiger partial charge is 0.341 e. The summed E-state index contributed by atoms with van der Waals surface area (Å²) in [5, 5.41) is 0. The molecule has 1 aromatic heterocycles. The van der Waals surface area contributed by atoms with Gasteiger partial charge in [0.05, 0.1) is 11.0 Å². The molecule has 1 amide bonds. The first-order valence-electron chi connectivity index (χ1n) is 8.10. The fraction of sp³-hybridized carbons (Fsp3) is 0.263. The average Bonchev–Trinajstić information content (AvgIpc) is 2.86. The summed E-state index contributed by atoms with van der Waals surface area (Å²) in [6.07, 6.45) is 0.228. The molecular formula is C19H20FN3O2. The summed E-state index contributed by atoms with van der Waals surface area (Å²) in [5.74, 6) is -0.364. The number of hydrogen-bond donors (Lipinski definition) is 0. The standard InChI is InChI=1S/C19H20FN3O2/c1-21(13-14-7-9-15(20)10-8-14)18(24)11-12-23-17-6-4-3-5-16(17)22(2)19(23)25/h3-10H,11-13H2,1-2H3. The fourth-order valence-electron chi connectivity index (χ4n) is 2.93. The molecule has 2 aromatic carbocycles. The molecule has 0 N–H and O–H groups in total. The molecule has 0 aliphatic carbocycles. The summed E-state index contributed by atoms with van der Waals surface area (Å²) >= 11 is 0. The molecule has 0 aliphatic heterocycles. The van der Waals surface area contributed by atoms with Gasteiger partial charge < -0.3 is 4.90 Å². The van der Waals surface area contributed by atoms with Gasteiger partial charge in [0.15, 0.2) is 0 Å². The van der Waals surface area contributed by atoms with Crippen LogP contribution in [0, 0.1) is 5.82 Å². The van der Waals surface area contributed by atoms with Crippen molar-refractivity contribution in [2.45, 2.75) is 19.5 Å². The molecule has 0 atom stereocenters. The van der Waals surface area contributed by atoms with E-state index in [1.54, 1.807) is 40.3 Å². The Labute approximate surface area is 144 Å². The smallest absolute Gasteiger partial charge is 0.328 e. The van der Waals surface area contributed by atoms with Crippen molar-refractivity contribution < 1.29 is 9.18 Å². The highest BCUT2D eigenvalue weighted by molar-refractivity contribution is 5.77. The van der Waals surface area contributed by atoms with E-state index in [9.17, 15) is 14.0 Å². The van der Waals surface area contributed by atoms with Crippen LogP contribution in [-0.4, -0.2) is 27.0 Å². The minimum Gasteiger partial charge on any atom is -0.341 e. The first-order valence-corrected chi connectivity index (χ1v) is 8.10. The molecule has 3 rings (SSSR count). The number of carbonyl (C=O) groups is 1. The van der Waals surface area contributed by atoms with Gasteiger partial charge >= 0.3 is 5.69 Å². The number of aryl methyl sites for hydroxylation is 2. The molecule has 1 heterocycles. The van der Waals surface area contributed by atoms with E-state index in [1.165, 1.54) is 12.1 Å². The van der Waals surface area contributed by atoms with Crippen LogP contribution in [0.1, 0.15) is 12.0 Å². The van der Waals surface area contributed by atoms with Gasteiger partial charge in [0.2, 0.25) is 5.91 Å². The van der Waals surface area contributed by atoms with Crippen molar-refractivity contribution in [3.8, 4) is 0 Å². The molecule has 0 radical (unpaired) electrons. The molecule has 130 valence electrons. The van der Waals surface area contributed by atoms with E-state index in [4.69, 9.17) is 0 Å². The second-order valence-corrected chi connectivity index (χ2v) is 6.11. The number of hydrogen-bond acceptors (Lipinski definition) is 2. The van der Waals surface area contributed by atoms with Crippen molar-refractivity contribution in [2.75, 3.05) is 7.05 Å². The van der Waals surface area contributed by atoms with Crippen LogP contribution in [-0.2, 0) is 24.9 Å². The molecule has 25 heavy (non-hydrogen) atoms. The number of para-hydroxylation sites is 2. The van der Waals surface area contributed by atoms with E-state index >= 15 is 0 Å². The Kier molecular flexibility index (Phi) is 4.70. The molecule has 0 unspecified atom stereocenters. The molecule has 0 saturated heterocycles. The third-order valence-corrected chi connectivity index (χ3v) is 4.36. The van der Waals surface area contributed by atoms with Crippen molar-refractivity contribution >= 4 is 16.9 Å². The van der Waals surface area contributed by atoms with Gasteiger partial charge in [0.1, 0.15) is 5.82 Å². The summed E-state index contributed by atoms with van der Waals surface area (Å²) < 4.78 is 16.2. The van der Waals surface area contributed by atoms with Crippen LogP contribution in [0.15, 0.2) is 53.3 Å². The lowest BCUT2D eigenvalue weighted by Crippen LogP contribution is -2.29. The molecular weight excluding hydrogens is 321 g/mol. The van der Waals surface area contributed by atoms with Gasteiger partial charge in [-0.1, -0.05) is 24.3 Å². The lowest BCUT2D eigenvalue weighted by atomic mass is 10.2. The molecule has 0 saturated carbocycles. The van der Waals surface area contributed by atoms with Crippen LogP contribution < -0.4 is 5.69 Å². The first kappa shape index (κ1) is 17.0. The number of fused-ring (bicyclic) bond motifs is 1. The molecule has 5 nitrogen and oxygen atoms in total. The number of carbonyl (C=O) groups excluding carboxylic acids is 1. The van der Waals surface area contributed by atoms with E-state index in [-0.39, 0.29) is 23.8 Å². The van der Waals surface area contributed by atoms with Gasteiger partial charge in [-0.15, -0.1) is 0 Å². The molecule has 6 heteroatoms. The highest BCUT2D eigenvalue weighted by Crippen LogP contribution is 2.12. The number of amides is 1. The molecule has 0 fully saturated rings. The van der Waals surface area contributed by atoms with E-state index < -0.39 is 0 Å². The zero-order chi connectivity index (χ0) is 18.0. The summed E-state index contributed by atoms with van der Waals surface area (Å²) in [6, 6.07) is 13.6. The Morgan fingerprint density at radius 3 is 2.40 bits per heavy atom. The second-order valence-electron chi connectivity index (χ2n) is 6.11. The van der Waals surface area contributed by atoms with Crippen molar-refractivity contribution in [1.82, 2.24) is 14.0 Å². The van der Waals surface area contributed by atoms with Gasteiger partial charge in [-0.3, -0.25) is 13.9 Å². The third-order valence-electron chi connectivity index (χ3n) is 4.36. The summed E-state index contributed by atoms with van der Waals surface area (Å²) in [4.78, 5) is 26.3. The van der Waals surface area contributed by atoms with Crippen molar-refractivity contribution in [3.05, 3.63) is 70.4 Å². The number of rotatable bonds is 5. The monoisotopic (exact) mass is 341 g/mol. The maximum absolute atomic E-state index is 12.9. The lowest BCUT2D eigenvalue weighted by molar-refractivity contribution is -0.130. The zero-order valence-corrected chi connectivity index (χ0v) is 14.3. The second kappa shape index (κ2) is 6.93. The molecule has 0 aliphatic rings. The highest BCUT2D eigenvalue weighted by Gasteiger charge is 2.14. The predicted octanol–water partition coefficient (Wildman–Crippen LogP) is 2.53. The van der Waals surface area contributed by atoms with E-state index in [0.29, 0.717) is 13.1 Å². The highest BCUT2D eigenvalue weighted by atomic mass is 19.1. The summed E-state index contributed by atoms with van der Waals surface area (Å²) in [7, 11) is 3.43. The van der Waals surface area contributed by atoms with Crippen LogP contribution in [0.25, 0.3) is 11.0 Å². The van der Waals surface area contributed by atoms with Crippen molar-refractivity contribution in [1.29, 1.82) is 0 Å². The SMILES string of the molecule is CN(Cc1ccc(F)cc1)C(=O)CCn1c(=O)n(C)c2ccccc21. The topological polar surface area (TPSA) is 47.2 Å². The first-order chi connectivity index (χ1) is 12.0. The predicted molar refractivity (Wildman–Crippen MR) is 94.7 cm³/mol. The van der Waals surface area contributed by atoms with Gasteiger partial charge in [-0.2, -0.15) is 0 Å². The number of imidazole rings is 1. The van der Waals surface area contributed by atoms with Crippen LogP contribution in [0.2, 0.25) is 0 Å². The Morgan fingerprint density at radius 1 is 1.08 bits per heavy atom. The van der Waals surface area contributed by atoms with Crippen molar-refractivity contribution in [3.63, 3.8) is 0 Å². The third kappa shape index (κ3) is 3.47. The maximum Gasteiger partial charge on any atom is 0.328 e. The quantitative estimate of drug-likeness (QED) is 0.716. The molecule has 0 bridgehead atoms. The average molecular weight is 341 g/mol. The number of benzene rings is 2. The number of halogens is 1. The number of aromatic nitrogens is 2. The van der Waals surface area contributed by atoms with Gasteiger partial charge in [-0.25, -0.2) is 9.18 Å². The Bertz CT molecular complexity index is 957. The Hall–Kier alpha value is -2.89. The lowest BCUT2D eigenvalue weighted by Gasteiger charge is -2.17. The maximum atomic E-state index is 12.9. The van der Waals surface area contributed by atoms with Crippen LogP contribution in [0.3, 0.4) is 0 Å². The zero-order valence-electron chi connectivity index (χ0n) is 14.3. The summed E-state index contributed by atoms with van der Waals surface area (Å²) in [5.41, 5.74) is 2.40. The minimum absolute atomic E-state index is 0.0656. The Morgan fingerprint density at radius 2 is 1.72 bits per heavy atom. The van der Waals surface area contributed by atoms with Gasteiger partial charge in [-0.05, 0) is 29.8 Å². The molecule has 3 aromatic rings. The minimum atomic E-state index is -0.298. The van der Waals surface area contributed by atoms with Crippen LogP contribution >= 0.6 is 0 Å².